The van der Waals surface area contributed by atoms with Crippen molar-refractivity contribution in [2.75, 3.05) is 7.05 Å². The highest BCUT2D eigenvalue weighted by molar-refractivity contribution is 6.56. The van der Waals surface area contributed by atoms with E-state index >= 15 is 0 Å². The van der Waals surface area contributed by atoms with E-state index in [2.05, 4.69) is 0 Å². The molecule has 0 aromatic heterocycles. The molecule has 2 heterocycles. The molecule has 4 nitrogen and oxygen atoms in total. The quantitative estimate of drug-likeness (QED) is 0.647. The minimum Gasteiger partial charge on any atom is -0.400 e. The van der Waals surface area contributed by atoms with E-state index in [1.54, 1.807) is 18.0 Å². The third-order valence-electron chi connectivity index (χ3n) is 4.23. The fraction of sp³-hybridized carbons (Fsp3) is 0.750. The zero-order chi connectivity index (χ0) is 13.0. The summed E-state index contributed by atoms with van der Waals surface area (Å²) in [7, 11) is 1.38. The van der Waals surface area contributed by atoms with Gasteiger partial charge in [-0.05, 0) is 40.1 Å². The van der Waals surface area contributed by atoms with Crippen molar-refractivity contribution in [2.24, 2.45) is 0 Å². The van der Waals surface area contributed by atoms with Gasteiger partial charge in [0.15, 0.2) is 0 Å². The molecule has 2 aliphatic rings. The van der Waals surface area contributed by atoms with Crippen LogP contribution in [0.5, 0.6) is 0 Å². The summed E-state index contributed by atoms with van der Waals surface area (Å²) in [4.78, 5) is 13.3. The minimum atomic E-state index is -0.413. The molecule has 17 heavy (non-hydrogen) atoms. The van der Waals surface area contributed by atoms with E-state index in [0.717, 1.165) is 5.47 Å². The number of hydrogen-bond acceptors (Lipinski definition) is 3. The lowest BCUT2D eigenvalue weighted by molar-refractivity contribution is -0.124. The molecule has 0 aromatic carbocycles. The fourth-order valence-corrected chi connectivity index (χ4v) is 2.02. The van der Waals surface area contributed by atoms with Crippen LogP contribution in [0.1, 0.15) is 34.6 Å². The Balaban J connectivity index is 2.23. The average molecular weight is 237 g/mol. The Kier molecular flexibility index (Phi) is 2.67. The van der Waals surface area contributed by atoms with Gasteiger partial charge in [0.2, 0.25) is 5.91 Å². The molecule has 94 valence electrons. The summed E-state index contributed by atoms with van der Waals surface area (Å²) in [5.41, 5.74) is 0.196. The maximum absolute atomic E-state index is 11.6. The number of likely N-dealkylation sites (N-methyl/N-ethyl adjacent to an activating group) is 1. The fourth-order valence-electron chi connectivity index (χ4n) is 2.02. The van der Waals surface area contributed by atoms with Crippen LogP contribution < -0.4 is 0 Å². The van der Waals surface area contributed by atoms with E-state index < -0.39 is 7.12 Å². The lowest BCUT2D eigenvalue weighted by Crippen LogP contribution is -2.41. The maximum atomic E-state index is 11.6. The molecular weight excluding hydrogens is 217 g/mol. The van der Waals surface area contributed by atoms with Crippen LogP contribution in [0.2, 0.25) is 0 Å². The van der Waals surface area contributed by atoms with E-state index in [1.165, 1.54) is 0 Å². The summed E-state index contributed by atoms with van der Waals surface area (Å²) < 4.78 is 11.9. The Morgan fingerprint density at radius 3 is 2.06 bits per heavy atom. The van der Waals surface area contributed by atoms with Gasteiger partial charge >= 0.3 is 7.12 Å². The van der Waals surface area contributed by atoms with Crippen LogP contribution in [-0.4, -0.2) is 42.2 Å². The van der Waals surface area contributed by atoms with Crippen LogP contribution in [0, 0.1) is 0 Å². The van der Waals surface area contributed by atoms with Gasteiger partial charge in [0.25, 0.3) is 0 Å². The Hall–Kier alpha value is -0.805. The average Bonchev–Trinajstić information content (AvgIpc) is 2.55. The van der Waals surface area contributed by atoms with Gasteiger partial charge in [-0.15, -0.1) is 0 Å². The van der Waals surface area contributed by atoms with Crippen molar-refractivity contribution in [3.05, 3.63) is 11.5 Å². The molecule has 5 heteroatoms. The molecule has 1 unspecified atom stereocenters. The van der Waals surface area contributed by atoms with E-state index in [4.69, 9.17) is 9.31 Å². The van der Waals surface area contributed by atoms with Crippen LogP contribution in [0.15, 0.2) is 11.5 Å². The number of nitrogens with zero attached hydrogens (tertiary/aromatic N) is 1. The van der Waals surface area contributed by atoms with Gasteiger partial charge < -0.3 is 14.2 Å². The molecule has 1 fully saturated rings. The molecule has 2 aliphatic heterocycles. The monoisotopic (exact) mass is 237 g/mol. The third kappa shape index (κ3) is 1.81. The van der Waals surface area contributed by atoms with E-state index in [1.807, 2.05) is 34.6 Å². The Labute approximate surface area is 103 Å². The van der Waals surface area contributed by atoms with E-state index in [-0.39, 0.29) is 23.2 Å². The first kappa shape index (κ1) is 12.6. The van der Waals surface area contributed by atoms with Crippen LogP contribution in [0.25, 0.3) is 0 Å². The number of carbonyl (C=O) groups excluding carboxylic acids is 1. The van der Waals surface area contributed by atoms with Crippen LogP contribution in [0.4, 0.5) is 0 Å². The van der Waals surface area contributed by atoms with Crippen molar-refractivity contribution in [1.29, 1.82) is 0 Å². The number of hydrogen-bond donors (Lipinski definition) is 0. The van der Waals surface area contributed by atoms with Gasteiger partial charge in [0.05, 0.1) is 11.2 Å². The van der Waals surface area contributed by atoms with E-state index in [0.29, 0.717) is 0 Å². The molecule has 1 atom stereocenters. The highest BCUT2D eigenvalue weighted by Crippen LogP contribution is 2.40. The Bertz CT molecular complexity index is 373. The van der Waals surface area contributed by atoms with Gasteiger partial charge in [0, 0.05) is 19.2 Å². The highest BCUT2D eigenvalue weighted by Gasteiger charge is 2.54. The number of rotatable bonds is 1. The summed E-state index contributed by atoms with van der Waals surface area (Å²) >= 11 is 0. The number of amides is 1. The van der Waals surface area contributed by atoms with Crippen LogP contribution in [0.3, 0.4) is 0 Å². The summed E-state index contributed by atoms with van der Waals surface area (Å²) in [5.74, 6) is 0.0159. The molecule has 0 bridgehead atoms. The summed E-state index contributed by atoms with van der Waals surface area (Å²) in [5, 5.41) is 0. The highest BCUT2D eigenvalue weighted by atomic mass is 16.7. The molecule has 0 aromatic rings. The van der Waals surface area contributed by atoms with Gasteiger partial charge in [-0.3, -0.25) is 4.79 Å². The molecular formula is C12H20BNO3. The molecule has 0 aliphatic carbocycles. The van der Waals surface area contributed by atoms with Gasteiger partial charge in [-0.25, -0.2) is 0 Å². The smallest absolute Gasteiger partial charge is 0.400 e. The summed E-state index contributed by atoms with van der Waals surface area (Å²) in [6, 6.07) is 0.0391. The zero-order valence-electron chi connectivity index (χ0n) is 11.4. The lowest BCUT2D eigenvalue weighted by atomic mass is 9.75. The van der Waals surface area contributed by atoms with Crippen molar-refractivity contribution in [3.8, 4) is 0 Å². The third-order valence-corrected chi connectivity index (χ3v) is 4.23. The second kappa shape index (κ2) is 3.59. The standard InChI is InChI=1S/C12H20BNO3/c1-8-9(7-10(15)14(8)6)13-16-11(2,3)12(4,5)17-13/h7-8H,1-6H3. The van der Waals surface area contributed by atoms with Crippen molar-refractivity contribution in [3.63, 3.8) is 0 Å². The first-order valence-electron chi connectivity index (χ1n) is 5.99. The number of carbonyl (C=O) groups is 1. The second-order valence-electron chi connectivity index (χ2n) is 5.86. The minimum absolute atomic E-state index is 0.0159. The van der Waals surface area contributed by atoms with Crippen molar-refractivity contribution < 1.29 is 14.1 Å². The first-order chi connectivity index (χ1) is 7.66. The van der Waals surface area contributed by atoms with Crippen molar-refractivity contribution in [2.45, 2.75) is 51.9 Å². The largest absolute Gasteiger partial charge is 0.492 e. The van der Waals surface area contributed by atoms with Gasteiger partial charge in [-0.1, -0.05) is 0 Å². The molecule has 0 spiro atoms. The van der Waals surface area contributed by atoms with Crippen molar-refractivity contribution >= 4 is 13.0 Å². The Morgan fingerprint density at radius 1 is 1.24 bits per heavy atom. The van der Waals surface area contributed by atoms with E-state index in [9.17, 15) is 4.79 Å². The SMILES string of the molecule is CC1C(B2OC(C)(C)C(C)(C)O2)=CC(=O)N1C. The molecule has 0 radical (unpaired) electrons. The van der Waals surface area contributed by atoms with Crippen LogP contribution >= 0.6 is 0 Å². The summed E-state index contributed by atoms with van der Waals surface area (Å²) in [6.07, 6.45) is 1.63. The predicted molar refractivity (Wildman–Crippen MR) is 66.4 cm³/mol. The first-order valence-corrected chi connectivity index (χ1v) is 5.99. The molecule has 2 rings (SSSR count). The topological polar surface area (TPSA) is 38.8 Å². The second-order valence-corrected chi connectivity index (χ2v) is 5.86. The van der Waals surface area contributed by atoms with Gasteiger partial charge in [0.1, 0.15) is 0 Å². The van der Waals surface area contributed by atoms with Crippen molar-refractivity contribution in [1.82, 2.24) is 4.90 Å². The summed E-state index contributed by atoms with van der Waals surface area (Å²) in [6.45, 7) is 10.0. The molecule has 0 saturated carbocycles. The maximum Gasteiger partial charge on any atom is 0.492 e. The normalized spacial score (nSPS) is 31.1. The Morgan fingerprint density at radius 2 is 1.71 bits per heavy atom. The lowest BCUT2D eigenvalue weighted by Gasteiger charge is -2.32. The van der Waals surface area contributed by atoms with Gasteiger partial charge in [-0.2, -0.15) is 0 Å². The molecule has 0 N–H and O–H groups in total. The molecule has 1 saturated heterocycles. The van der Waals surface area contributed by atoms with Crippen LogP contribution in [-0.2, 0) is 14.1 Å². The predicted octanol–water partition coefficient (Wildman–Crippen LogP) is 1.40. The zero-order valence-corrected chi connectivity index (χ0v) is 11.4. The molecule has 1 amide bonds.